The van der Waals surface area contributed by atoms with Crippen LogP contribution in [-0.2, 0) is 14.8 Å². The van der Waals surface area contributed by atoms with Gasteiger partial charge in [0.15, 0.2) is 0 Å². The minimum Gasteiger partial charge on any atom is -0.320 e. The van der Waals surface area contributed by atoms with Gasteiger partial charge in [0, 0.05) is 30.9 Å². The first-order valence-electron chi connectivity index (χ1n) is 11.7. The number of imide groups is 1. The first-order valence-corrected chi connectivity index (χ1v) is 14.1. The average Bonchev–Trinajstić information content (AvgIpc) is 3.69. The fourth-order valence-corrected chi connectivity index (χ4v) is 8.36. The molecule has 11 heteroatoms. The summed E-state index contributed by atoms with van der Waals surface area (Å²) in [4.78, 5) is 30.1. The van der Waals surface area contributed by atoms with Gasteiger partial charge in [-0.2, -0.15) is 9.98 Å². The van der Waals surface area contributed by atoms with Crippen molar-refractivity contribution in [1.29, 1.82) is 5.26 Å². The molecular formula is C21H31N5O4S2. The number of fused-ring (bicyclic) bond motifs is 1. The van der Waals surface area contributed by atoms with Crippen LogP contribution in [0.3, 0.4) is 0 Å². The van der Waals surface area contributed by atoms with Crippen LogP contribution in [-0.4, -0.2) is 77.2 Å². The molecule has 5 aliphatic rings. The van der Waals surface area contributed by atoms with Crippen LogP contribution in [0, 0.1) is 23.2 Å². The standard InChI is InChI=1S/C21H31N5O4S2/c1-13-23-9-15(31-13)11-26-19(27)17-8-16(32(29,30)24-21(12-22)6-7-21)4-5-18(17)25(20(26)28)10-14-2-3-14/h13-18,23-24H,2-11H2,1H3. The Kier molecular flexibility index (Phi) is 5.72. The zero-order valence-electron chi connectivity index (χ0n) is 18.3. The second-order valence-electron chi connectivity index (χ2n) is 10.1. The van der Waals surface area contributed by atoms with Gasteiger partial charge in [0.05, 0.1) is 22.6 Å². The molecule has 0 aromatic carbocycles. The average molecular weight is 482 g/mol. The molecule has 0 aromatic heterocycles. The van der Waals surface area contributed by atoms with Crippen LogP contribution < -0.4 is 10.0 Å². The van der Waals surface area contributed by atoms with Crippen LogP contribution in [0.25, 0.3) is 0 Å². The van der Waals surface area contributed by atoms with Gasteiger partial charge < -0.3 is 10.2 Å². The van der Waals surface area contributed by atoms with Gasteiger partial charge in [0.25, 0.3) is 0 Å². The predicted octanol–water partition coefficient (Wildman–Crippen LogP) is 1.22. The fraction of sp³-hybridized carbons (Fsp3) is 0.857. The van der Waals surface area contributed by atoms with Crippen LogP contribution >= 0.6 is 11.8 Å². The van der Waals surface area contributed by atoms with Gasteiger partial charge in [-0.3, -0.25) is 9.69 Å². The molecule has 176 valence electrons. The molecule has 5 atom stereocenters. The lowest BCUT2D eigenvalue weighted by Crippen LogP contribution is -2.65. The highest BCUT2D eigenvalue weighted by atomic mass is 32.2. The van der Waals surface area contributed by atoms with Crippen LogP contribution in [0.1, 0.15) is 51.9 Å². The monoisotopic (exact) mass is 481 g/mol. The number of thioether (sulfide) groups is 1. The summed E-state index contributed by atoms with van der Waals surface area (Å²) in [5.41, 5.74) is -0.963. The van der Waals surface area contributed by atoms with E-state index in [-0.39, 0.29) is 35.0 Å². The third-order valence-corrected chi connectivity index (χ3v) is 10.8. The summed E-state index contributed by atoms with van der Waals surface area (Å²) in [7, 11) is -3.71. The summed E-state index contributed by atoms with van der Waals surface area (Å²) in [6.07, 6.45) is 4.38. The van der Waals surface area contributed by atoms with Crippen molar-refractivity contribution in [3.05, 3.63) is 0 Å². The number of sulfonamides is 1. The molecule has 3 aliphatic carbocycles. The van der Waals surface area contributed by atoms with E-state index in [1.165, 1.54) is 4.90 Å². The maximum atomic E-state index is 13.5. The number of hydrogen-bond donors (Lipinski definition) is 2. The van der Waals surface area contributed by atoms with Gasteiger partial charge in [0.2, 0.25) is 15.9 Å². The van der Waals surface area contributed by atoms with Crippen molar-refractivity contribution in [2.24, 2.45) is 11.8 Å². The van der Waals surface area contributed by atoms with Gasteiger partial charge in [0.1, 0.15) is 5.54 Å². The molecule has 0 radical (unpaired) electrons. The molecule has 0 bridgehead atoms. The molecule has 9 nitrogen and oxygen atoms in total. The highest BCUT2D eigenvalue weighted by Crippen LogP contribution is 2.42. The third-order valence-electron chi connectivity index (χ3n) is 7.53. The number of nitriles is 1. The van der Waals surface area contributed by atoms with E-state index in [4.69, 9.17) is 0 Å². The highest BCUT2D eigenvalue weighted by Gasteiger charge is 2.54. The van der Waals surface area contributed by atoms with Crippen LogP contribution in [0.2, 0.25) is 0 Å². The molecule has 3 saturated carbocycles. The van der Waals surface area contributed by atoms with E-state index in [9.17, 15) is 23.3 Å². The molecule has 2 N–H and O–H groups in total. The molecule has 5 unspecified atom stereocenters. The van der Waals surface area contributed by atoms with Crippen molar-refractivity contribution >= 4 is 33.7 Å². The fourth-order valence-electron chi connectivity index (χ4n) is 5.30. The molecule has 2 saturated heterocycles. The Balaban J connectivity index is 1.35. The number of nitrogens with one attached hydrogen (secondary N) is 2. The Morgan fingerprint density at radius 3 is 2.56 bits per heavy atom. The Hall–Kier alpha value is -1.35. The number of amides is 3. The summed E-state index contributed by atoms with van der Waals surface area (Å²) in [6, 6.07) is 1.65. The van der Waals surface area contributed by atoms with Gasteiger partial charge in [-0.25, -0.2) is 13.2 Å². The largest absolute Gasteiger partial charge is 0.327 e. The van der Waals surface area contributed by atoms with Gasteiger partial charge in [-0.15, -0.1) is 11.8 Å². The lowest BCUT2D eigenvalue weighted by Gasteiger charge is -2.48. The van der Waals surface area contributed by atoms with Crippen LogP contribution in [0.5, 0.6) is 0 Å². The van der Waals surface area contributed by atoms with Crippen molar-refractivity contribution in [3.63, 3.8) is 0 Å². The first-order chi connectivity index (χ1) is 15.2. The maximum Gasteiger partial charge on any atom is 0.327 e. The second kappa shape index (κ2) is 8.15. The lowest BCUT2D eigenvalue weighted by atomic mass is 9.80. The van der Waals surface area contributed by atoms with E-state index < -0.39 is 26.7 Å². The van der Waals surface area contributed by atoms with Crippen LogP contribution in [0.4, 0.5) is 4.79 Å². The van der Waals surface area contributed by atoms with Crippen molar-refractivity contribution < 1.29 is 18.0 Å². The summed E-state index contributed by atoms with van der Waals surface area (Å²) < 4.78 is 28.7. The number of carbonyl (C=O) groups is 2. The van der Waals surface area contributed by atoms with E-state index >= 15 is 0 Å². The van der Waals surface area contributed by atoms with E-state index in [0.717, 1.165) is 19.4 Å². The number of hydrogen-bond acceptors (Lipinski definition) is 7. The van der Waals surface area contributed by atoms with E-state index in [1.807, 2.05) is 4.90 Å². The summed E-state index contributed by atoms with van der Waals surface area (Å²) in [5, 5.41) is 12.4. The molecule has 2 heterocycles. The van der Waals surface area contributed by atoms with Crippen molar-refractivity contribution in [1.82, 2.24) is 19.8 Å². The van der Waals surface area contributed by atoms with Gasteiger partial charge in [-0.05, 0) is 57.8 Å². The number of carbonyl (C=O) groups excluding carboxylic acids is 2. The Morgan fingerprint density at radius 2 is 1.97 bits per heavy atom. The normalized spacial score (nSPS) is 36.7. The molecule has 0 aromatic rings. The van der Waals surface area contributed by atoms with E-state index in [2.05, 4.69) is 23.0 Å². The topological polar surface area (TPSA) is 123 Å². The van der Waals surface area contributed by atoms with Crippen molar-refractivity contribution in [2.45, 2.75) is 79.3 Å². The zero-order valence-corrected chi connectivity index (χ0v) is 20.0. The molecular weight excluding hydrogens is 450 g/mol. The molecule has 32 heavy (non-hydrogen) atoms. The Labute approximate surface area is 193 Å². The predicted molar refractivity (Wildman–Crippen MR) is 120 cm³/mol. The number of rotatable bonds is 7. The highest BCUT2D eigenvalue weighted by molar-refractivity contribution is 8.00. The molecule has 5 fully saturated rings. The minimum absolute atomic E-state index is 0.146. The zero-order chi connectivity index (χ0) is 22.7. The van der Waals surface area contributed by atoms with Gasteiger partial charge >= 0.3 is 6.03 Å². The van der Waals surface area contributed by atoms with Gasteiger partial charge in [-0.1, -0.05) is 0 Å². The van der Waals surface area contributed by atoms with Crippen LogP contribution in [0.15, 0.2) is 0 Å². The van der Waals surface area contributed by atoms with Crippen molar-refractivity contribution in [3.8, 4) is 6.07 Å². The number of urea groups is 1. The summed E-state index contributed by atoms with van der Waals surface area (Å²) in [5.74, 6) is -0.241. The SMILES string of the molecule is CC1NCC(CN2C(=O)C3CC(S(=O)(=O)NC4(C#N)CC4)CCC3N(CC3CC3)C2=O)S1. The first kappa shape index (κ1) is 22.4. The minimum atomic E-state index is -3.71. The number of nitrogens with zero attached hydrogens (tertiary/aromatic N) is 3. The Morgan fingerprint density at radius 1 is 1.22 bits per heavy atom. The quantitative estimate of drug-likeness (QED) is 0.561. The Bertz CT molecular complexity index is 942. The lowest BCUT2D eigenvalue weighted by molar-refractivity contribution is -0.140. The third kappa shape index (κ3) is 4.27. The van der Waals surface area contributed by atoms with Crippen molar-refractivity contribution in [2.75, 3.05) is 19.6 Å². The summed E-state index contributed by atoms with van der Waals surface area (Å²) in [6.45, 7) is 3.83. The summed E-state index contributed by atoms with van der Waals surface area (Å²) >= 11 is 1.73. The maximum absolute atomic E-state index is 13.5. The van der Waals surface area contributed by atoms with E-state index in [1.54, 1.807) is 11.8 Å². The molecule has 3 amide bonds. The molecule has 5 rings (SSSR count). The smallest absolute Gasteiger partial charge is 0.320 e. The molecule has 2 aliphatic heterocycles. The second-order valence-corrected chi connectivity index (χ2v) is 13.7. The van der Waals surface area contributed by atoms with E-state index in [0.29, 0.717) is 44.7 Å². The molecule has 0 spiro atoms.